The lowest BCUT2D eigenvalue weighted by molar-refractivity contribution is -0.148. The van der Waals surface area contributed by atoms with Gasteiger partial charge in [0.05, 0.1) is 11.8 Å². The molecule has 4 unspecified atom stereocenters. The van der Waals surface area contributed by atoms with Crippen molar-refractivity contribution < 1.29 is 14.7 Å². The molecule has 23 heavy (non-hydrogen) atoms. The van der Waals surface area contributed by atoms with Gasteiger partial charge in [-0.1, -0.05) is 48.6 Å². The normalized spacial score (nSPS) is 31.0. The van der Waals surface area contributed by atoms with Crippen molar-refractivity contribution in [2.45, 2.75) is 19.4 Å². The molecule has 4 heteroatoms. The quantitative estimate of drug-likeness (QED) is 0.794. The SMILES string of the molecule is C=CCC12C=CC(C1)C(C(=O)O)C2C(=O)NCc1ccccc1. The minimum Gasteiger partial charge on any atom is -0.481 e. The number of benzene rings is 1. The first-order valence-electron chi connectivity index (χ1n) is 7.92. The average molecular weight is 311 g/mol. The summed E-state index contributed by atoms with van der Waals surface area (Å²) in [5.41, 5.74) is 0.611. The molecule has 0 heterocycles. The zero-order valence-electron chi connectivity index (χ0n) is 12.9. The second kappa shape index (κ2) is 6.03. The van der Waals surface area contributed by atoms with Gasteiger partial charge in [0, 0.05) is 12.0 Å². The Morgan fingerprint density at radius 1 is 1.35 bits per heavy atom. The van der Waals surface area contributed by atoms with Gasteiger partial charge in [-0.2, -0.15) is 0 Å². The largest absolute Gasteiger partial charge is 0.481 e. The van der Waals surface area contributed by atoms with Crippen molar-refractivity contribution in [1.82, 2.24) is 5.32 Å². The summed E-state index contributed by atoms with van der Waals surface area (Å²) in [6, 6.07) is 9.64. The molecular formula is C19H21NO3. The smallest absolute Gasteiger partial charge is 0.307 e. The van der Waals surface area contributed by atoms with Crippen LogP contribution in [-0.2, 0) is 16.1 Å². The molecule has 1 amide bonds. The van der Waals surface area contributed by atoms with Crippen LogP contribution in [0.2, 0.25) is 0 Å². The highest BCUT2D eigenvalue weighted by Gasteiger charge is 2.59. The summed E-state index contributed by atoms with van der Waals surface area (Å²) in [5.74, 6) is -2.28. The molecule has 0 aliphatic heterocycles. The van der Waals surface area contributed by atoms with E-state index >= 15 is 0 Å². The Morgan fingerprint density at radius 2 is 2.09 bits per heavy atom. The molecule has 120 valence electrons. The van der Waals surface area contributed by atoms with Crippen molar-refractivity contribution in [3.63, 3.8) is 0 Å². The molecule has 0 radical (unpaired) electrons. The van der Waals surface area contributed by atoms with Crippen LogP contribution in [0.3, 0.4) is 0 Å². The summed E-state index contributed by atoms with van der Waals surface area (Å²) in [4.78, 5) is 24.4. The van der Waals surface area contributed by atoms with Crippen LogP contribution in [0.15, 0.2) is 55.1 Å². The third kappa shape index (κ3) is 2.69. The molecule has 2 N–H and O–H groups in total. The fourth-order valence-electron chi connectivity index (χ4n) is 4.16. The van der Waals surface area contributed by atoms with Gasteiger partial charge in [0.2, 0.25) is 5.91 Å². The molecule has 0 saturated heterocycles. The van der Waals surface area contributed by atoms with E-state index in [9.17, 15) is 14.7 Å². The molecule has 4 nitrogen and oxygen atoms in total. The number of rotatable bonds is 6. The molecule has 1 aromatic rings. The third-order valence-corrected chi connectivity index (χ3v) is 5.13. The van der Waals surface area contributed by atoms with E-state index in [2.05, 4.69) is 11.9 Å². The first-order valence-corrected chi connectivity index (χ1v) is 7.92. The van der Waals surface area contributed by atoms with E-state index < -0.39 is 23.2 Å². The number of amides is 1. The highest BCUT2D eigenvalue weighted by molar-refractivity contribution is 5.87. The van der Waals surface area contributed by atoms with Crippen molar-refractivity contribution in [3.05, 3.63) is 60.7 Å². The predicted molar refractivity (Wildman–Crippen MR) is 87.4 cm³/mol. The number of aliphatic carboxylic acids is 1. The second-order valence-corrected chi connectivity index (χ2v) is 6.50. The van der Waals surface area contributed by atoms with Crippen molar-refractivity contribution in [2.24, 2.45) is 23.2 Å². The Bertz CT molecular complexity index is 652. The zero-order valence-corrected chi connectivity index (χ0v) is 12.9. The molecule has 1 aromatic carbocycles. The van der Waals surface area contributed by atoms with Crippen LogP contribution in [0.25, 0.3) is 0 Å². The second-order valence-electron chi connectivity index (χ2n) is 6.50. The molecule has 2 bridgehead atoms. The van der Waals surface area contributed by atoms with Crippen molar-refractivity contribution in [1.29, 1.82) is 0 Å². The lowest BCUT2D eigenvalue weighted by Crippen LogP contribution is -2.44. The Balaban J connectivity index is 1.79. The summed E-state index contributed by atoms with van der Waals surface area (Å²) in [6.07, 6.45) is 7.13. The van der Waals surface area contributed by atoms with Crippen LogP contribution in [0.1, 0.15) is 18.4 Å². The van der Waals surface area contributed by atoms with E-state index in [0.717, 1.165) is 12.0 Å². The maximum atomic E-state index is 12.8. The lowest BCUT2D eigenvalue weighted by atomic mass is 9.71. The molecule has 0 spiro atoms. The average Bonchev–Trinajstić information content (AvgIpc) is 3.09. The highest BCUT2D eigenvalue weighted by atomic mass is 16.4. The number of fused-ring (bicyclic) bond motifs is 2. The number of carboxylic acids is 1. The lowest BCUT2D eigenvalue weighted by Gasteiger charge is -2.33. The molecule has 1 saturated carbocycles. The van der Waals surface area contributed by atoms with Gasteiger partial charge in [-0.15, -0.1) is 6.58 Å². The maximum absolute atomic E-state index is 12.8. The van der Waals surface area contributed by atoms with Gasteiger partial charge in [0.15, 0.2) is 0 Å². The van der Waals surface area contributed by atoms with Crippen molar-refractivity contribution in [3.8, 4) is 0 Å². The monoisotopic (exact) mass is 311 g/mol. The highest BCUT2D eigenvalue weighted by Crippen LogP contribution is 2.58. The molecule has 2 aliphatic carbocycles. The minimum atomic E-state index is -0.884. The molecular weight excluding hydrogens is 290 g/mol. The number of allylic oxidation sites excluding steroid dienone is 3. The van der Waals surface area contributed by atoms with Crippen molar-refractivity contribution >= 4 is 11.9 Å². The van der Waals surface area contributed by atoms with E-state index in [4.69, 9.17) is 0 Å². The van der Waals surface area contributed by atoms with Crippen LogP contribution < -0.4 is 5.32 Å². The summed E-state index contributed by atoms with van der Waals surface area (Å²) in [5, 5.41) is 12.5. The Labute approximate surface area is 135 Å². The first kappa shape index (κ1) is 15.5. The van der Waals surface area contributed by atoms with Crippen LogP contribution in [-0.4, -0.2) is 17.0 Å². The first-order chi connectivity index (χ1) is 11.1. The van der Waals surface area contributed by atoms with Gasteiger partial charge in [-0.3, -0.25) is 9.59 Å². The fourth-order valence-corrected chi connectivity index (χ4v) is 4.16. The molecule has 0 aromatic heterocycles. The number of hydrogen-bond donors (Lipinski definition) is 2. The molecule has 3 rings (SSSR count). The van der Waals surface area contributed by atoms with E-state index in [1.807, 2.05) is 42.5 Å². The van der Waals surface area contributed by atoms with Gasteiger partial charge in [0.1, 0.15) is 0 Å². The summed E-state index contributed by atoms with van der Waals surface area (Å²) in [7, 11) is 0. The van der Waals surface area contributed by atoms with Gasteiger partial charge >= 0.3 is 5.97 Å². The number of carbonyl (C=O) groups is 2. The summed E-state index contributed by atoms with van der Waals surface area (Å²) < 4.78 is 0. The van der Waals surface area contributed by atoms with E-state index in [1.165, 1.54) is 0 Å². The molecule has 1 fully saturated rings. The molecule has 4 atom stereocenters. The Hall–Kier alpha value is -2.36. The fraction of sp³-hybridized carbons (Fsp3) is 0.368. The topological polar surface area (TPSA) is 66.4 Å². The van der Waals surface area contributed by atoms with Gasteiger partial charge in [0.25, 0.3) is 0 Å². The van der Waals surface area contributed by atoms with Crippen LogP contribution >= 0.6 is 0 Å². The number of carbonyl (C=O) groups excluding carboxylic acids is 1. The van der Waals surface area contributed by atoms with Crippen LogP contribution in [0.4, 0.5) is 0 Å². The standard InChI is InChI=1S/C19H21NO3/c1-2-9-19-10-8-14(11-19)15(18(22)23)16(19)17(21)20-12-13-6-4-3-5-7-13/h2-8,10,14-16H,1,9,11-12H2,(H,20,21)(H,22,23). The maximum Gasteiger partial charge on any atom is 0.307 e. The number of carboxylic acid groups (broad SMARTS) is 1. The summed E-state index contributed by atoms with van der Waals surface area (Å²) in [6.45, 7) is 4.20. The zero-order chi connectivity index (χ0) is 16.4. The Kier molecular flexibility index (Phi) is 4.07. The molecule has 2 aliphatic rings. The predicted octanol–water partition coefficient (Wildman–Crippen LogP) is 2.77. The minimum absolute atomic E-state index is 0.0556. The third-order valence-electron chi connectivity index (χ3n) is 5.13. The van der Waals surface area contributed by atoms with Gasteiger partial charge in [-0.25, -0.2) is 0 Å². The number of hydrogen-bond acceptors (Lipinski definition) is 2. The van der Waals surface area contributed by atoms with Crippen LogP contribution in [0.5, 0.6) is 0 Å². The van der Waals surface area contributed by atoms with Crippen LogP contribution in [0, 0.1) is 23.2 Å². The van der Waals surface area contributed by atoms with Gasteiger partial charge < -0.3 is 10.4 Å². The Morgan fingerprint density at radius 3 is 2.74 bits per heavy atom. The summed E-state index contributed by atoms with van der Waals surface area (Å²) >= 11 is 0. The van der Waals surface area contributed by atoms with E-state index in [1.54, 1.807) is 6.08 Å². The number of nitrogens with one attached hydrogen (secondary N) is 1. The van der Waals surface area contributed by atoms with E-state index in [-0.39, 0.29) is 11.8 Å². The van der Waals surface area contributed by atoms with E-state index in [0.29, 0.717) is 13.0 Å². The van der Waals surface area contributed by atoms with Crippen molar-refractivity contribution in [2.75, 3.05) is 0 Å². The van der Waals surface area contributed by atoms with Gasteiger partial charge in [-0.05, 0) is 24.3 Å².